The molecule has 2 rings (SSSR count). The van der Waals surface area contributed by atoms with Crippen LogP contribution in [0.15, 0.2) is 12.1 Å². The summed E-state index contributed by atoms with van der Waals surface area (Å²) >= 11 is 0. The molecular formula is C14H21NO4S. The molecule has 0 bridgehead atoms. The molecule has 1 aliphatic rings. The molecule has 20 heavy (non-hydrogen) atoms. The summed E-state index contributed by atoms with van der Waals surface area (Å²) in [5.41, 5.74) is 2.11. The Hall–Kier alpha value is -1.27. The highest BCUT2D eigenvalue weighted by molar-refractivity contribution is 7.89. The van der Waals surface area contributed by atoms with Gasteiger partial charge in [0.05, 0.1) is 20.0 Å². The average molecular weight is 299 g/mol. The minimum Gasteiger partial charge on any atom is -0.493 e. The van der Waals surface area contributed by atoms with Gasteiger partial charge in [-0.05, 0) is 43.5 Å². The summed E-state index contributed by atoms with van der Waals surface area (Å²) in [5.74, 6) is 1.44. The fraction of sp³-hybridized carbons (Fsp3) is 0.571. The van der Waals surface area contributed by atoms with Gasteiger partial charge < -0.3 is 9.47 Å². The van der Waals surface area contributed by atoms with Crippen molar-refractivity contribution in [2.75, 3.05) is 20.0 Å². The van der Waals surface area contributed by atoms with Crippen molar-refractivity contribution in [1.29, 1.82) is 0 Å². The van der Waals surface area contributed by atoms with Crippen molar-refractivity contribution >= 4 is 10.0 Å². The molecule has 0 spiro atoms. The number of methoxy groups -OCH3 is 2. The third-order valence-corrected chi connectivity index (χ3v) is 5.69. The zero-order valence-electron chi connectivity index (χ0n) is 12.3. The molecule has 1 aromatic rings. The van der Waals surface area contributed by atoms with E-state index >= 15 is 0 Å². The van der Waals surface area contributed by atoms with Crippen LogP contribution in [0.1, 0.15) is 25.0 Å². The highest BCUT2D eigenvalue weighted by Crippen LogP contribution is 2.35. The van der Waals surface area contributed by atoms with Crippen LogP contribution < -0.4 is 9.47 Å². The Kier molecular flexibility index (Phi) is 4.25. The quantitative estimate of drug-likeness (QED) is 0.850. The van der Waals surface area contributed by atoms with E-state index in [-0.39, 0.29) is 11.8 Å². The van der Waals surface area contributed by atoms with Crippen molar-refractivity contribution in [2.45, 2.75) is 32.9 Å². The van der Waals surface area contributed by atoms with Gasteiger partial charge in [0.25, 0.3) is 0 Å². The number of benzene rings is 1. The van der Waals surface area contributed by atoms with Crippen LogP contribution in [0.5, 0.6) is 11.5 Å². The van der Waals surface area contributed by atoms with E-state index in [1.54, 1.807) is 25.4 Å². The smallest absolute Gasteiger partial charge is 0.214 e. The van der Waals surface area contributed by atoms with E-state index in [0.717, 1.165) is 11.1 Å². The highest BCUT2D eigenvalue weighted by Gasteiger charge is 2.31. The van der Waals surface area contributed by atoms with Crippen LogP contribution in [-0.2, 0) is 23.0 Å². The first-order valence-electron chi connectivity index (χ1n) is 6.66. The second-order valence-electron chi connectivity index (χ2n) is 4.97. The highest BCUT2D eigenvalue weighted by atomic mass is 32.2. The van der Waals surface area contributed by atoms with Gasteiger partial charge in [0, 0.05) is 12.6 Å². The molecule has 1 atom stereocenters. The predicted octanol–water partition coefficient (Wildman–Crippen LogP) is 1.80. The van der Waals surface area contributed by atoms with E-state index in [9.17, 15) is 8.42 Å². The zero-order valence-corrected chi connectivity index (χ0v) is 13.2. The Labute approximate surface area is 120 Å². The van der Waals surface area contributed by atoms with Gasteiger partial charge in [-0.1, -0.05) is 0 Å². The monoisotopic (exact) mass is 299 g/mol. The summed E-state index contributed by atoms with van der Waals surface area (Å²) in [4.78, 5) is 0. The fourth-order valence-electron chi connectivity index (χ4n) is 2.58. The standard InChI is InChI=1S/C14H21NO4S/c1-5-20(16,17)15-9-12-8-14(19-4)13(18-3)7-11(12)6-10(15)2/h7-8,10H,5-6,9H2,1-4H3. The predicted molar refractivity (Wildman–Crippen MR) is 77.7 cm³/mol. The molecule has 0 amide bonds. The third-order valence-electron chi connectivity index (χ3n) is 3.76. The Morgan fingerprint density at radius 2 is 1.75 bits per heavy atom. The van der Waals surface area contributed by atoms with Crippen LogP contribution in [-0.4, -0.2) is 38.7 Å². The first-order chi connectivity index (χ1) is 9.42. The van der Waals surface area contributed by atoms with Gasteiger partial charge in [-0.15, -0.1) is 0 Å². The average Bonchev–Trinajstić information content (AvgIpc) is 2.44. The van der Waals surface area contributed by atoms with Gasteiger partial charge in [-0.2, -0.15) is 4.31 Å². The van der Waals surface area contributed by atoms with E-state index in [2.05, 4.69) is 0 Å². The molecule has 0 radical (unpaired) electrons. The minimum absolute atomic E-state index is 0.0365. The molecule has 112 valence electrons. The molecule has 0 saturated carbocycles. The molecule has 0 fully saturated rings. The Bertz CT molecular complexity index is 597. The lowest BCUT2D eigenvalue weighted by Crippen LogP contribution is -2.43. The van der Waals surface area contributed by atoms with Gasteiger partial charge in [-0.3, -0.25) is 0 Å². The first kappa shape index (κ1) is 15.1. The molecule has 0 aliphatic carbocycles. The van der Waals surface area contributed by atoms with Crippen LogP contribution in [0.4, 0.5) is 0 Å². The summed E-state index contributed by atoms with van der Waals surface area (Å²) in [6.45, 7) is 4.01. The number of rotatable bonds is 4. The maximum atomic E-state index is 12.1. The number of hydrogen-bond acceptors (Lipinski definition) is 4. The van der Waals surface area contributed by atoms with Crippen molar-refractivity contribution in [3.8, 4) is 11.5 Å². The largest absolute Gasteiger partial charge is 0.493 e. The summed E-state index contributed by atoms with van der Waals surface area (Å²) in [6.07, 6.45) is 0.689. The molecular weight excluding hydrogens is 278 g/mol. The van der Waals surface area contributed by atoms with Gasteiger partial charge in [0.1, 0.15) is 0 Å². The number of ether oxygens (including phenoxy) is 2. The first-order valence-corrected chi connectivity index (χ1v) is 8.27. The zero-order chi connectivity index (χ0) is 14.9. The van der Waals surface area contributed by atoms with Gasteiger partial charge in [-0.25, -0.2) is 8.42 Å². The van der Waals surface area contributed by atoms with Gasteiger partial charge >= 0.3 is 0 Å². The van der Waals surface area contributed by atoms with E-state index in [0.29, 0.717) is 24.5 Å². The second-order valence-corrected chi connectivity index (χ2v) is 7.19. The fourth-order valence-corrected chi connectivity index (χ4v) is 3.87. The Morgan fingerprint density at radius 3 is 2.25 bits per heavy atom. The second kappa shape index (κ2) is 5.61. The molecule has 0 aromatic heterocycles. The number of nitrogens with zero attached hydrogens (tertiary/aromatic N) is 1. The van der Waals surface area contributed by atoms with Crippen molar-refractivity contribution in [3.63, 3.8) is 0 Å². The third kappa shape index (κ3) is 2.62. The summed E-state index contributed by atoms with van der Waals surface area (Å²) in [7, 11) is -0.00599. The van der Waals surface area contributed by atoms with Crippen LogP contribution >= 0.6 is 0 Å². The van der Waals surface area contributed by atoms with Gasteiger partial charge in [0.15, 0.2) is 11.5 Å². The van der Waals surface area contributed by atoms with Crippen molar-refractivity contribution < 1.29 is 17.9 Å². The Morgan fingerprint density at radius 1 is 1.20 bits per heavy atom. The van der Waals surface area contributed by atoms with Crippen molar-refractivity contribution in [2.24, 2.45) is 0 Å². The molecule has 1 aromatic carbocycles. The van der Waals surface area contributed by atoms with Crippen LogP contribution in [0.25, 0.3) is 0 Å². The van der Waals surface area contributed by atoms with Crippen LogP contribution in [0.2, 0.25) is 0 Å². The molecule has 5 nitrogen and oxygen atoms in total. The number of hydrogen-bond donors (Lipinski definition) is 0. The van der Waals surface area contributed by atoms with Crippen LogP contribution in [0.3, 0.4) is 0 Å². The summed E-state index contributed by atoms with van der Waals surface area (Å²) < 4.78 is 36.4. The molecule has 0 N–H and O–H groups in total. The Balaban J connectivity index is 2.43. The van der Waals surface area contributed by atoms with E-state index < -0.39 is 10.0 Å². The lowest BCUT2D eigenvalue weighted by molar-refractivity contribution is 0.305. The minimum atomic E-state index is -3.19. The van der Waals surface area contributed by atoms with Gasteiger partial charge in [0.2, 0.25) is 10.0 Å². The molecule has 1 unspecified atom stereocenters. The lowest BCUT2D eigenvalue weighted by Gasteiger charge is -2.34. The maximum Gasteiger partial charge on any atom is 0.214 e. The summed E-state index contributed by atoms with van der Waals surface area (Å²) in [6, 6.07) is 3.78. The molecule has 1 aliphatic heterocycles. The lowest BCUT2D eigenvalue weighted by atomic mass is 9.96. The molecule has 6 heteroatoms. The van der Waals surface area contributed by atoms with E-state index in [4.69, 9.17) is 9.47 Å². The molecule has 0 saturated heterocycles. The van der Waals surface area contributed by atoms with Crippen molar-refractivity contribution in [1.82, 2.24) is 4.31 Å². The number of fused-ring (bicyclic) bond motifs is 1. The van der Waals surface area contributed by atoms with Crippen molar-refractivity contribution in [3.05, 3.63) is 23.3 Å². The topological polar surface area (TPSA) is 55.8 Å². The van der Waals surface area contributed by atoms with E-state index in [1.807, 2.05) is 19.1 Å². The normalized spacial score (nSPS) is 19.5. The SMILES string of the molecule is CCS(=O)(=O)N1Cc2cc(OC)c(OC)cc2CC1C. The van der Waals surface area contributed by atoms with Crippen LogP contribution in [0, 0.1) is 0 Å². The maximum absolute atomic E-state index is 12.1. The summed E-state index contributed by atoms with van der Waals surface area (Å²) in [5, 5.41) is 0. The van der Waals surface area contributed by atoms with E-state index in [1.165, 1.54) is 0 Å². The molecule has 1 heterocycles. The number of sulfonamides is 1.